The summed E-state index contributed by atoms with van der Waals surface area (Å²) in [6, 6.07) is 10.2. The lowest BCUT2D eigenvalue weighted by Gasteiger charge is -2.30. The zero-order valence-electron chi connectivity index (χ0n) is 19.5. The van der Waals surface area contributed by atoms with Gasteiger partial charge in [-0.05, 0) is 73.2 Å². The average Bonchev–Trinajstić information content (AvgIpc) is 3.29. The van der Waals surface area contributed by atoms with Gasteiger partial charge >= 0.3 is 0 Å². The molecule has 2 aliphatic rings. The van der Waals surface area contributed by atoms with Crippen LogP contribution >= 0.6 is 22.7 Å². The van der Waals surface area contributed by atoms with E-state index in [2.05, 4.69) is 0 Å². The van der Waals surface area contributed by atoms with E-state index in [0.29, 0.717) is 5.56 Å². The number of rotatable bonds is 6. The third kappa shape index (κ3) is 3.71. The number of benzene rings is 1. The first-order valence-corrected chi connectivity index (χ1v) is 13.4. The first-order chi connectivity index (χ1) is 16.3. The number of primary amides is 1. The zero-order valence-corrected chi connectivity index (χ0v) is 21.1. The van der Waals surface area contributed by atoms with Crippen LogP contribution in [0.5, 0.6) is 0 Å². The maximum atomic E-state index is 14.3. The number of hydrogen-bond acceptors (Lipinski definition) is 5. The molecule has 176 valence electrons. The molecule has 1 aromatic carbocycles. The molecule has 1 saturated carbocycles. The highest BCUT2D eigenvalue weighted by atomic mass is 32.1. The summed E-state index contributed by atoms with van der Waals surface area (Å²) in [6.45, 7) is 5.93. The monoisotopic (exact) mass is 492 g/mol. The molecular formula is C27H28N2O3S2. The van der Waals surface area contributed by atoms with Gasteiger partial charge in [0.1, 0.15) is 6.04 Å². The van der Waals surface area contributed by atoms with E-state index in [1.54, 1.807) is 16.2 Å². The summed E-state index contributed by atoms with van der Waals surface area (Å²) in [5, 5.41) is 3.97. The molecule has 1 aliphatic carbocycles. The summed E-state index contributed by atoms with van der Waals surface area (Å²) in [5.74, 6) is -1.82. The molecule has 2 aromatic heterocycles. The summed E-state index contributed by atoms with van der Waals surface area (Å²) >= 11 is 3.08. The van der Waals surface area contributed by atoms with Crippen LogP contribution in [0.3, 0.4) is 0 Å². The number of amides is 2. The van der Waals surface area contributed by atoms with Gasteiger partial charge in [-0.15, -0.1) is 22.7 Å². The van der Waals surface area contributed by atoms with Crippen molar-refractivity contribution in [2.45, 2.75) is 51.6 Å². The Bertz CT molecular complexity index is 1270. The second-order valence-corrected chi connectivity index (χ2v) is 11.4. The Hall–Kier alpha value is -2.77. The second kappa shape index (κ2) is 8.78. The minimum atomic E-state index is -0.866. The van der Waals surface area contributed by atoms with Crippen LogP contribution in [0.4, 0.5) is 0 Å². The van der Waals surface area contributed by atoms with Crippen molar-refractivity contribution in [1.29, 1.82) is 0 Å². The predicted octanol–water partition coefficient (Wildman–Crippen LogP) is 5.16. The van der Waals surface area contributed by atoms with Gasteiger partial charge < -0.3 is 10.6 Å². The molecule has 2 amide bonds. The zero-order chi connectivity index (χ0) is 24.1. The molecule has 5 nitrogen and oxygen atoms in total. The normalized spacial score (nSPS) is 24.4. The summed E-state index contributed by atoms with van der Waals surface area (Å²) in [5.41, 5.74) is 9.61. The van der Waals surface area contributed by atoms with Gasteiger partial charge in [-0.3, -0.25) is 14.4 Å². The number of carbonyl (C=O) groups excluding carboxylic acids is 3. The van der Waals surface area contributed by atoms with Gasteiger partial charge in [0.2, 0.25) is 11.8 Å². The predicted molar refractivity (Wildman–Crippen MR) is 135 cm³/mol. The Morgan fingerprint density at radius 1 is 0.882 bits per heavy atom. The minimum Gasteiger partial charge on any atom is -0.368 e. The van der Waals surface area contributed by atoms with Crippen LogP contribution in [-0.4, -0.2) is 28.5 Å². The lowest BCUT2D eigenvalue weighted by atomic mass is 9.78. The van der Waals surface area contributed by atoms with E-state index in [9.17, 15) is 14.4 Å². The topological polar surface area (TPSA) is 80.5 Å². The molecule has 2 fully saturated rings. The molecular weight excluding hydrogens is 464 g/mol. The number of Topliss-reactive ketones (excluding diaryl/α,β-unsaturated/α-hetero) is 1. The van der Waals surface area contributed by atoms with E-state index in [-0.39, 0.29) is 17.6 Å². The Balaban J connectivity index is 1.77. The van der Waals surface area contributed by atoms with Crippen LogP contribution in [-0.2, 0) is 9.59 Å². The quantitative estimate of drug-likeness (QED) is 0.482. The van der Waals surface area contributed by atoms with E-state index < -0.39 is 29.8 Å². The number of nitrogens with zero attached hydrogens (tertiary/aromatic N) is 1. The van der Waals surface area contributed by atoms with Gasteiger partial charge in [0.15, 0.2) is 5.78 Å². The molecule has 0 radical (unpaired) electrons. The number of ketones is 1. The SMILES string of the molecule is Cc1ccccc1C(=O)C1C(c2sccc2C)C(C(N)=O)N(C(=O)C2CC2)C1c1sccc1C. The summed E-state index contributed by atoms with van der Waals surface area (Å²) in [7, 11) is 0. The van der Waals surface area contributed by atoms with Crippen molar-refractivity contribution in [2.75, 3.05) is 0 Å². The van der Waals surface area contributed by atoms with Crippen molar-refractivity contribution in [3.8, 4) is 0 Å². The average molecular weight is 493 g/mol. The Labute approximate surface area is 207 Å². The number of nitrogens with two attached hydrogens (primary N) is 1. The third-order valence-electron chi connectivity index (χ3n) is 7.23. The largest absolute Gasteiger partial charge is 0.368 e. The number of carbonyl (C=O) groups is 3. The maximum absolute atomic E-state index is 14.3. The van der Waals surface area contributed by atoms with Crippen molar-refractivity contribution in [3.05, 3.63) is 79.2 Å². The fourth-order valence-electron chi connectivity index (χ4n) is 5.39. The van der Waals surface area contributed by atoms with Gasteiger partial charge in [-0.25, -0.2) is 0 Å². The van der Waals surface area contributed by atoms with Crippen molar-refractivity contribution in [1.82, 2.24) is 4.90 Å². The number of aryl methyl sites for hydroxylation is 3. The van der Waals surface area contributed by atoms with E-state index in [0.717, 1.165) is 39.3 Å². The number of likely N-dealkylation sites (tertiary alicyclic amines) is 1. The van der Waals surface area contributed by atoms with E-state index >= 15 is 0 Å². The summed E-state index contributed by atoms with van der Waals surface area (Å²) < 4.78 is 0. The van der Waals surface area contributed by atoms with Gasteiger partial charge in [0.05, 0.1) is 12.0 Å². The smallest absolute Gasteiger partial charge is 0.240 e. The van der Waals surface area contributed by atoms with Gasteiger partial charge in [0, 0.05) is 27.2 Å². The number of hydrogen-bond donors (Lipinski definition) is 1. The van der Waals surface area contributed by atoms with Crippen LogP contribution in [0.15, 0.2) is 47.2 Å². The van der Waals surface area contributed by atoms with E-state index in [4.69, 9.17) is 5.73 Å². The molecule has 34 heavy (non-hydrogen) atoms. The molecule has 0 spiro atoms. The van der Waals surface area contributed by atoms with Crippen LogP contribution < -0.4 is 5.73 Å². The fourth-order valence-corrected chi connectivity index (χ4v) is 7.56. The highest BCUT2D eigenvalue weighted by molar-refractivity contribution is 7.10. The fraction of sp³-hybridized carbons (Fsp3) is 0.370. The molecule has 4 atom stereocenters. The Morgan fingerprint density at radius 2 is 1.50 bits per heavy atom. The second-order valence-electron chi connectivity index (χ2n) is 9.48. The van der Waals surface area contributed by atoms with E-state index in [1.165, 1.54) is 11.3 Å². The Kier molecular flexibility index (Phi) is 5.94. The minimum absolute atomic E-state index is 0.0361. The van der Waals surface area contributed by atoms with Gasteiger partial charge in [0.25, 0.3) is 0 Å². The molecule has 1 saturated heterocycles. The lowest BCUT2D eigenvalue weighted by Crippen LogP contribution is -2.47. The van der Waals surface area contributed by atoms with Crippen LogP contribution in [0.1, 0.15) is 61.6 Å². The molecule has 1 aliphatic heterocycles. The molecule has 3 aromatic rings. The Morgan fingerprint density at radius 3 is 2.03 bits per heavy atom. The molecule has 3 heterocycles. The van der Waals surface area contributed by atoms with Crippen molar-refractivity contribution >= 4 is 40.3 Å². The first kappa shape index (κ1) is 23.0. The van der Waals surface area contributed by atoms with Gasteiger partial charge in [-0.1, -0.05) is 24.3 Å². The van der Waals surface area contributed by atoms with Crippen molar-refractivity contribution in [2.24, 2.45) is 17.6 Å². The van der Waals surface area contributed by atoms with Gasteiger partial charge in [-0.2, -0.15) is 0 Å². The van der Waals surface area contributed by atoms with E-state index in [1.807, 2.05) is 67.9 Å². The highest BCUT2D eigenvalue weighted by Gasteiger charge is 2.59. The molecule has 4 unspecified atom stereocenters. The molecule has 0 bridgehead atoms. The van der Waals surface area contributed by atoms with Crippen LogP contribution in [0.2, 0.25) is 0 Å². The molecule has 7 heteroatoms. The number of thiophene rings is 2. The summed E-state index contributed by atoms with van der Waals surface area (Å²) in [6.07, 6.45) is 1.63. The van der Waals surface area contributed by atoms with Crippen molar-refractivity contribution in [3.63, 3.8) is 0 Å². The third-order valence-corrected chi connectivity index (χ3v) is 9.44. The summed E-state index contributed by atoms with van der Waals surface area (Å²) in [4.78, 5) is 44.8. The maximum Gasteiger partial charge on any atom is 0.240 e. The highest BCUT2D eigenvalue weighted by Crippen LogP contribution is 2.55. The van der Waals surface area contributed by atoms with Crippen LogP contribution in [0.25, 0.3) is 0 Å². The molecule has 2 N–H and O–H groups in total. The van der Waals surface area contributed by atoms with Crippen molar-refractivity contribution < 1.29 is 14.4 Å². The standard InChI is InChI=1S/C27H28N2O3S2/c1-14-6-4-5-7-18(14)23(30)19-20(24-15(2)10-12-33-24)22(26(28)31)29(27(32)17-8-9-17)21(19)25-16(3)11-13-34-25/h4-7,10-13,17,19-22H,8-9H2,1-3H3,(H2,28,31). The lowest BCUT2D eigenvalue weighted by molar-refractivity contribution is -0.140. The molecule has 5 rings (SSSR count). The first-order valence-electron chi connectivity index (χ1n) is 11.6. The van der Waals surface area contributed by atoms with Crippen LogP contribution in [0, 0.1) is 32.6 Å².